The summed E-state index contributed by atoms with van der Waals surface area (Å²) < 4.78 is 34.0. The number of aryl methyl sites for hydroxylation is 1. The van der Waals surface area contributed by atoms with Crippen molar-refractivity contribution in [2.75, 3.05) is 59.2 Å². The van der Waals surface area contributed by atoms with Crippen molar-refractivity contribution in [2.24, 2.45) is 5.92 Å². The fourth-order valence-corrected chi connectivity index (χ4v) is 7.12. The van der Waals surface area contributed by atoms with Gasteiger partial charge in [0, 0.05) is 68.7 Å². The minimum Gasteiger partial charge on any atom is -0.475 e. The summed E-state index contributed by atoms with van der Waals surface area (Å²) in [5.74, 6) is 0.935. The number of nitrogens with zero attached hydrogens (tertiary/aromatic N) is 7. The summed E-state index contributed by atoms with van der Waals surface area (Å²) in [5, 5.41) is 9.41. The van der Waals surface area contributed by atoms with Gasteiger partial charge in [0.15, 0.2) is 0 Å². The van der Waals surface area contributed by atoms with Gasteiger partial charge in [-0.2, -0.15) is 9.57 Å². The first-order valence-corrected chi connectivity index (χ1v) is 17.0. The summed E-state index contributed by atoms with van der Waals surface area (Å²) in [6.07, 6.45) is 7.29. The first kappa shape index (κ1) is 30.2. The summed E-state index contributed by atoms with van der Waals surface area (Å²) in [6, 6.07) is 16.2. The lowest BCUT2D eigenvalue weighted by Crippen LogP contribution is -2.47. The van der Waals surface area contributed by atoms with E-state index < -0.39 is 10.0 Å². The highest BCUT2D eigenvalue weighted by Crippen LogP contribution is 2.36. The molecule has 0 saturated carbocycles. The minimum absolute atomic E-state index is 0.433. The van der Waals surface area contributed by atoms with Gasteiger partial charge in [-0.25, -0.2) is 18.4 Å². The van der Waals surface area contributed by atoms with Crippen molar-refractivity contribution < 1.29 is 13.2 Å². The maximum absolute atomic E-state index is 12.0. The highest BCUT2D eigenvalue weighted by atomic mass is 32.2. The molecule has 0 radical (unpaired) electrons. The molecule has 2 aliphatic heterocycles. The van der Waals surface area contributed by atoms with Crippen molar-refractivity contribution in [3.8, 4) is 34.5 Å². The van der Waals surface area contributed by atoms with Crippen molar-refractivity contribution >= 4 is 15.7 Å². The van der Waals surface area contributed by atoms with Gasteiger partial charge in [-0.3, -0.25) is 9.30 Å². The Bertz CT molecular complexity index is 1790. The Hall–Kier alpha value is -3.82. The molecule has 10 nitrogen and oxygen atoms in total. The second-order valence-corrected chi connectivity index (χ2v) is 14.1. The molecule has 0 amide bonds. The molecule has 4 aromatic rings. The summed E-state index contributed by atoms with van der Waals surface area (Å²) in [7, 11) is -1.03. The fraction of sp³-hybridized carbons (Fsp3) is 0.424. The van der Waals surface area contributed by atoms with Crippen molar-refractivity contribution in [3.63, 3.8) is 0 Å². The zero-order valence-electron chi connectivity index (χ0n) is 25.6. The number of rotatable bonds is 8. The SMILES string of the molecule is Cc1ccc(-c2c(-c3ccc(C#N)cc3)nc(OC[C@@H]3CCCN(C)C3)c3nccn23)cc1CN1CCN(S(C)(=O)=O)CC1. The van der Waals surface area contributed by atoms with Crippen LogP contribution in [-0.4, -0.2) is 96.1 Å². The standard InChI is InChI=1S/C33H39N7O3S/c1-24-6-9-28(19-29(24)22-38-15-17-39(18-16-38)44(3,41)42)31-30(27-10-7-25(20-34)8-11-27)36-33(32-35-12-14-40(31)32)43-23-26-5-4-13-37(2)21-26/h6-12,14,19,26H,4-5,13,15-18,21-23H2,1-3H3/t26-/m1/s1. The van der Waals surface area contributed by atoms with Crippen molar-refractivity contribution in [3.05, 3.63) is 71.5 Å². The van der Waals surface area contributed by atoms with Gasteiger partial charge in [0.25, 0.3) is 5.88 Å². The summed E-state index contributed by atoms with van der Waals surface area (Å²) in [4.78, 5) is 14.4. The maximum Gasteiger partial charge on any atom is 0.259 e. The van der Waals surface area contributed by atoms with Crippen molar-refractivity contribution in [1.29, 1.82) is 5.26 Å². The topological polar surface area (TPSA) is 107 Å². The molecule has 230 valence electrons. The predicted octanol–water partition coefficient (Wildman–Crippen LogP) is 4.04. The third kappa shape index (κ3) is 6.49. The van der Waals surface area contributed by atoms with E-state index in [0.717, 1.165) is 55.0 Å². The Morgan fingerprint density at radius 2 is 1.80 bits per heavy atom. The van der Waals surface area contributed by atoms with Crippen LogP contribution < -0.4 is 4.74 Å². The second kappa shape index (κ2) is 12.7. The largest absolute Gasteiger partial charge is 0.475 e. The number of sulfonamides is 1. The van der Waals surface area contributed by atoms with Crippen LogP contribution in [-0.2, 0) is 16.6 Å². The monoisotopic (exact) mass is 613 g/mol. The van der Waals surface area contributed by atoms with E-state index >= 15 is 0 Å². The number of hydrogen-bond acceptors (Lipinski definition) is 8. The molecule has 0 unspecified atom stereocenters. The van der Waals surface area contributed by atoms with Crippen molar-refractivity contribution in [1.82, 2.24) is 28.5 Å². The second-order valence-electron chi connectivity index (χ2n) is 12.1. The van der Waals surface area contributed by atoms with E-state index in [1.165, 1.54) is 17.4 Å². The highest BCUT2D eigenvalue weighted by Gasteiger charge is 2.25. The average molecular weight is 614 g/mol. The van der Waals surface area contributed by atoms with E-state index in [-0.39, 0.29) is 0 Å². The van der Waals surface area contributed by atoms with Gasteiger partial charge in [0.05, 0.1) is 35.9 Å². The van der Waals surface area contributed by atoms with E-state index in [1.54, 1.807) is 10.5 Å². The average Bonchev–Trinajstić information content (AvgIpc) is 3.51. The molecule has 2 saturated heterocycles. The molecule has 0 aliphatic carbocycles. The molecular formula is C33H39N7O3S. The third-order valence-corrected chi connectivity index (χ3v) is 10.1. The van der Waals surface area contributed by atoms with Crippen LogP contribution in [0.4, 0.5) is 0 Å². The molecule has 2 fully saturated rings. The maximum atomic E-state index is 12.0. The lowest BCUT2D eigenvalue weighted by atomic mass is 9.98. The van der Waals surface area contributed by atoms with Crippen LogP contribution in [0.2, 0.25) is 0 Å². The fourth-order valence-electron chi connectivity index (χ4n) is 6.29. The third-order valence-electron chi connectivity index (χ3n) is 8.79. The van der Waals surface area contributed by atoms with E-state index in [2.05, 4.69) is 57.4 Å². The number of benzene rings is 2. The number of ether oxygens (including phenoxy) is 1. The molecule has 0 spiro atoms. The molecule has 11 heteroatoms. The predicted molar refractivity (Wildman–Crippen MR) is 171 cm³/mol. The zero-order chi connectivity index (χ0) is 30.8. The Kier molecular flexibility index (Phi) is 8.69. The van der Waals surface area contributed by atoms with Gasteiger partial charge < -0.3 is 9.64 Å². The quantitative estimate of drug-likeness (QED) is 0.293. The summed E-state index contributed by atoms with van der Waals surface area (Å²) in [5.41, 5.74) is 7.14. The number of imidazole rings is 1. The van der Waals surface area contributed by atoms with E-state index in [1.807, 2.05) is 30.5 Å². The van der Waals surface area contributed by atoms with Gasteiger partial charge in [0.2, 0.25) is 15.7 Å². The number of hydrogen-bond donors (Lipinski definition) is 0. The molecule has 2 aliphatic rings. The first-order chi connectivity index (χ1) is 21.2. The Morgan fingerprint density at radius 1 is 1.05 bits per heavy atom. The number of piperazine rings is 1. The van der Waals surface area contributed by atoms with Crippen LogP contribution in [0.25, 0.3) is 28.2 Å². The number of fused-ring (bicyclic) bond motifs is 1. The molecule has 0 bridgehead atoms. The molecule has 6 rings (SSSR count). The smallest absolute Gasteiger partial charge is 0.259 e. The van der Waals surface area contributed by atoms with Gasteiger partial charge in [-0.05, 0) is 62.7 Å². The Balaban J connectivity index is 1.37. The highest BCUT2D eigenvalue weighted by molar-refractivity contribution is 7.88. The van der Waals surface area contributed by atoms with Crippen molar-refractivity contribution in [2.45, 2.75) is 26.3 Å². The van der Waals surface area contributed by atoms with Crippen LogP contribution in [0.3, 0.4) is 0 Å². The first-order valence-electron chi connectivity index (χ1n) is 15.2. The number of likely N-dealkylation sites (tertiary alicyclic amines) is 1. The molecule has 2 aromatic heterocycles. The lowest BCUT2D eigenvalue weighted by molar-refractivity contribution is 0.148. The summed E-state index contributed by atoms with van der Waals surface area (Å²) in [6.45, 7) is 7.89. The Labute approximate surface area is 259 Å². The molecular weight excluding hydrogens is 574 g/mol. The van der Waals surface area contributed by atoms with Gasteiger partial charge in [-0.1, -0.05) is 24.3 Å². The molecule has 4 heterocycles. The minimum atomic E-state index is -3.18. The molecule has 0 N–H and O–H groups in total. The molecule has 2 aromatic carbocycles. The Morgan fingerprint density at radius 3 is 2.50 bits per heavy atom. The van der Waals surface area contributed by atoms with Crippen LogP contribution >= 0.6 is 0 Å². The van der Waals surface area contributed by atoms with E-state index in [9.17, 15) is 13.7 Å². The number of piperidine rings is 1. The molecule has 1 atom stereocenters. The number of aromatic nitrogens is 3. The van der Waals surface area contributed by atoms with E-state index in [0.29, 0.717) is 55.8 Å². The van der Waals surface area contributed by atoms with E-state index in [4.69, 9.17) is 9.72 Å². The molecule has 44 heavy (non-hydrogen) atoms. The number of nitriles is 1. The lowest BCUT2D eigenvalue weighted by Gasteiger charge is -2.33. The normalized spacial score (nSPS) is 18.8. The van der Waals surface area contributed by atoms with Crippen LogP contribution in [0.5, 0.6) is 5.88 Å². The van der Waals surface area contributed by atoms with Crippen LogP contribution in [0, 0.1) is 24.2 Å². The van der Waals surface area contributed by atoms with Crippen LogP contribution in [0.1, 0.15) is 29.5 Å². The van der Waals surface area contributed by atoms with Gasteiger partial charge in [-0.15, -0.1) is 0 Å². The summed E-state index contributed by atoms with van der Waals surface area (Å²) >= 11 is 0. The van der Waals surface area contributed by atoms with Gasteiger partial charge >= 0.3 is 0 Å². The van der Waals surface area contributed by atoms with Crippen LogP contribution in [0.15, 0.2) is 54.9 Å². The zero-order valence-corrected chi connectivity index (χ0v) is 26.4. The van der Waals surface area contributed by atoms with Gasteiger partial charge in [0.1, 0.15) is 0 Å².